The van der Waals surface area contributed by atoms with E-state index in [2.05, 4.69) is 16.8 Å². The summed E-state index contributed by atoms with van der Waals surface area (Å²) in [7, 11) is 0. The van der Waals surface area contributed by atoms with Crippen molar-refractivity contribution in [3.63, 3.8) is 0 Å². The molecule has 1 aromatic rings. The molecule has 2 fully saturated rings. The quantitative estimate of drug-likeness (QED) is 0.856. The third kappa shape index (κ3) is 3.20. The van der Waals surface area contributed by atoms with Gasteiger partial charge in [-0.15, -0.1) is 0 Å². The van der Waals surface area contributed by atoms with Gasteiger partial charge in [0.15, 0.2) is 0 Å². The maximum Gasteiger partial charge on any atom is 0.272 e. The second-order valence-electron chi connectivity index (χ2n) is 6.15. The Morgan fingerprint density at radius 2 is 2.19 bits per heavy atom. The van der Waals surface area contributed by atoms with Crippen LogP contribution in [0.25, 0.3) is 0 Å². The second-order valence-corrected chi connectivity index (χ2v) is 6.15. The topological polar surface area (TPSA) is 36.4 Å². The number of carbonyl (C=O) groups excluding carboxylic acids is 1. The molecule has 3 rings (SSSR count). The van der Waals surface area contributed by atoms with E-state index in [-0.39, 0.29) is 18.7 Å². The molecule has 6 heteroatoms. The molecule has 0 saturated carbocycles. The number of aromatic nitrogens is 1. The van der Waals surface area contributed by atoms with Gasteiger partial charge in [-0.3, -0.25) is 9.69 Å². The van der Waals surface area contributed by atoms with E-state index in [1.807, 2.05) is 6.07 Å². The summed E-state index contributed by atoms with van der Waals surface area (Å²) in [5.74, 6) is -2.45. The van der Waals surface area contributed by atoms with Crippen LogP contribution in [-0.4, -0.2) is 52.8 Å². The number of nitrogens with zero attached hydrogens (tertiary/aromatic N) is 3. The van der Waals surface area contributed by atoms with Crippen molar-refractivity contribution in [1.29, 1.82) is 0 Å². The Labute approximate surface area is 122 Å². The largest absolute Gasteiger partial charge is 0.331 e. The summed E-state index contributed by atoms with van der Waals surface area (Å²) < 4.78 is 26.4. The fourth-order valence-electron chi connectivity index (χ4n) is 2.94. The highest BCUT2D eigenvalue weighted by atomic mass is 19.3. The molecule has 0 aliphatic carbocycles. The number of amides is 1. The Morgan fingerprint density at radius 3 is 2.81 bits per heavy atom. The summed E-state index contributed by atoms with van der Waals surface area (Å²) in [6.07, 6.45) is -0.260. The lowest BCUT2D eigenvalue weighted by atomic mass is 10.0. The Morgan fingerprint density at radius 1 is 1.43 bits per heavy atom. The number of halogens is 2. The van der Waals surface area contributed by atoms with Crippen LogP contribution in [0.5, 0.6) is 0 Å². The summed E-state index contributed by atoms with van der Waals surface area (Å²) >= 11 is 0. The zero-order valence-corrected chi connectivity index (χ0v) is 12.1. The van der Waals surface area contributed by atoms with Gasteiger partial charge in [-0.2, -0.15) is 0 Å². The Hall–Kier alpha value is -1.56. The average molecular weight is 295 g/mol. The van der Waals surface area contributed by atoms with Crippen LogP contribution >= 0.6 is 0 Å². The van der Waals surface area contributed by atoms with Gasteiger partial charge in [0.2, 0.25) is 0 Å². The predicted octanol–water partition coefficient (Wildman–Crippen LogP) is 2.01. The van der Waals surface area contributed by atoms with E-state index in [0.29, 0.717) is 12.5 Å². The molecule has 0 bridgehead atoms. The van der Waals surface area contributed by atoms with Crippen molar-refractivity contribution in [2.45, 2.75) is 25.8 Å². The summed E-state index contributed by atoms with van der Waals surface area (Å²) in [6.45, 7) is 4.58. The van der Waals surface area contributed by atoms with Crippen LogP contribution in [0.3, 0.4) is 0 Å². The zero-order chi connectivity index (χ0) is 15.0. The molecular weight excluding hydrogens is 276 g/mol. The van der Waals surface area contributed by atoms with E-state index >= 15 is 0 Å². The van der Waals surface area contributed by atoms with Crippen molar-refractivity contribution >= 4 is 5.91 Å². The van der Waals surface area contributed by atoms with Crippen molar-refractivity contribution in [3.8, 4) is 0 Å². The van der Waals surface area contributed by atoms with Crippen LogP contribution in [0, 0.1) is 5.92 Å². The number of rotatable bonds is 3. The Kier molecular flexibility index (Phi) is 3.65. The third-order valence-electron chi connectivity index (χ3n) is 4.01. The number of hydrogen-bond donors (Lipinski definition) is 0. The molecule has 2 aliphatic rings. The average Bonchev–Trinajstić information content (AvgIpc) is 2.77. The molecule has 114 valence electrons. The first kappa shape index (κ1) is 14.4. The van der Waals surface area contributed by atoms with E-state index in [9.17, 15) is 13.6 Å². The molecule has 4 nitrogen and oxygen atoms in total. The maximum absolute atomic E-state index is 13.2. The molecule has 0 spiro atoms. The standard InChI is InChI=1S/C15H19F2N3O/c1-11-7-19(8-11)9-12-3-2-4-13(18-12)14(21)20-6-5-15(16,17)10-20/h2-4,11H,5-10H2,1H3. The minimum absolute atomic E-state index is 0.0986. The van der Waals surface area contributed by atoms with Gasteiger partial charge >= 0.3 is 0 Å². The van der Waals surface area contributed by atoms with Gasteiger partial charge in [0.25, 0.3) is 11.8 Å². The molecule has 0 unspecified atom stereocenters. The van der Waals surface area contributed by atoms with Gasteiger partial charge in [-0.1, -0.05) is 13.0 Å². The van der Waals surface area contributed by atoms with Gasteiger partial charge in [-0.25, -0.2) is 13.8 Å². The first-order valence-corrected chi connectivity index (χ1v) is 7.28. The third-order valence-corrected chi connectivity index (χ3v) is 4.01. The minimum Gasteiger partial charge on any atom is -0.331 e. The highest BCUT2D eigenvalue weighted by Crippen LogP contribution is 2.27. The maximum atomic E-state index is 13.2. The lowest BCUT2D eigenvalue weighted by molar-refractivity contribution is 0.0119. The highest BCUT2D eigenvalue weighted by Gasteiger charge is 2.40. The van der Waals surface area contributed by atoms with Gasteiger partial charge in [-0.05, 0) is 18.1 Å². The van der Waals surface area contributed by atoms with Crippen molar-refractivity contribution < 1.29 is 13.6 Å². The number of alkyl halides is 2. The van der Waals surface area contributed by atoms with Crippen LogP contribution in [0.2, 0.25) is 0 Å². The van der Waals surface area contributed by atoms with Crippen molar-refractivity contribution in [2.24, 2.45) is 5.92 Å². The van der Waals surface area contributed by atoms with E-state index in [0.717, 1.165) is 18.8 Å². The fraction of sp³-hybridized carbons (Fsp3) is 0.600. The van der Waals surface area contributed by atoms with Crippen LogP contribution in [0.15, 0.2) is 18.2 Å². The second kappa shape index (κ2) is 5.33. The van der Waals surface area contributed by atoms with E-state index < -0.39 is 18.4 Å². The molecular formula is C15H19F2N3O. The minimum atomic E-state index is -2.76. The van der Waals surface area contributed by atoms with E-state index in [4.69, 9.17) is 0 Å². The smallest absolute Gasteiger partial charge is 0.272 e. The lowest BCUT2D eigenvalue weighted by Crippen LogP contribution is -2.44. The molecule has 1 amide bonds. The first-order chi connectivity index (χ1) is 9.93. The van der Waals surface area contributed by atoms with Crippen LogP contribution in [0.1, 0.15) is 29.5 Å². The van der Waals surface area contributed by atoms with E-state index in [1.54, 1.807) is 12.1 Å². The monoisotopic (exact) mass is 295 g/mol. The summed E-state index contributed by atoms with van der Waals surface area (Å²) in [4.78, 5) is 20.0. The lowest BCUT2D eigenvalue weighted by Gasteiger charge is -2.36. The molecule has 2 saturated heterocycles. The normalized spacial score (nSPS) is 22.3. The predicted molar refractivity (Wildman–Crippen MR) is 74.1 cm³/mol. The van der Waals surface area contributed by atoms with Crippen LogP contribution in [0.4, 0.5) is 8.78 Å². The highest BCUT2D eigenvalue weighted by molar-refractivity contribution is 5.92. The number of carbonyl (C=O) groups is 1. The molecule has 1 aromatic heterocycles. The number of hydrogen-bond acceptors (Lipinski definition) is 3. The summed E-state index contributed by atoms with van der Waals surface area (Å²) in [5.41, 5.74) is 1.08. The van der Waals surface area contributed by atoms with Crippen LogP contribution < -0.4 is 0 Å². The zero-order valence-electron chi connectivity index (χ0n) is 12.1. The molecule has 0 aromatic carbocycles. The molecule has 3 heterocycles. The Bertz CT molecular complexity index is 543. The van der Waals surface area contributed by atoms with Gasteiger partial charge in [0.1, 0.15) is 5.69 Å². The van der Waals surface area contributed by atoms with Crippen molar-refractivity contribution in [2.75, 3.05) is 26.2 Å². The van der Waals surface area contributed by atoms with Crippen LogP contribution in [-0.2, 0) is 6.54 Å². The van der Waals surface area contributed by atoms with Crippen molar-refractivity contribution in [3.05, 3.63) is 29.6 Å². The van der Waals surface area contributed by atoms with Gasteiger partial charge < -0.3 is 4.90 Å². The first-order valence-electron chi connectivity index (χ1n) is 7.28. The SMILES string of the molecule is CC1CN(Cc2cccc(C(=O)N3CCC(F)(F)C3)n2)C1. The van der Waals surface area contributed by atoms with Gasteiger partial charge in [0.05, 0.1) is 12.2 Å². The van der Waals surface area contributed by atoms with Crippen molar-refractivity contribution in [1.82, 2.24) is 14.8 Å². The molecule has 0 atom stereocenters. The molecule has 21 heavy (non-hydrogen) atoms. The van der Waals surface area contributed by atoms with E-state index in [1.165, 1.54) is 4.90 Å². The molecule has 0 N–H and O–H groups in total. The van der Waals surface area contributed by atoms with Gasteiger partial charge in [0, 0.05) is 32.6 Å². The molecule has 0 radical (unpaired) electrons. The number of likely N-dealkylation sites (tertiary alicyclic amines) is 2. The Balaban J connectivity index is 1.66. The number of pyridine rings is 1. The molecule has 2 aliphatic heterocycles. The fourth-order valence-corrected chi connectivity index (χ4v) is 2.94. The summed E-state index contributed by atoms with van der Waals surface area (Å²) in [6, 6.07) is 5.24. The summed E-state index contributed by atoms with van der Waals surface area (Å²) in [5, 5.41) is 0.